The smallest absolute Gasteiger partial charge is 0.253 e. The van der Waals surface area contributed by atoms with Crippen molar-refractivity contribution < 1.29 is 18.8 Å². The van der Waals surface area contributed by atoms with Gasteiger partial charge in [0.05, 0.1) is 18.2 Å². The molecule has 0 radical (unpaired) electrons. The Balaban J connectivity index is 1.32. The molecule has 30 heavy (non-hydrogen) atoms. The number of rotatable bonds is 6. The van der Waals surface area contributed by atoms with Gasteiger partial charge in [-0.15, -0.1) is 0 Å². The number of carbonyl (C=O) groups is 2. The van der Waals surface area contributed by atoms with E-state index in [2.05, 4.69) is 5.16 Å². The Morgan fingerprint density at radius 3 is 2.50 bits per heavy atom. The zero-order valence-corrected chi connectivity index (χ0v) is 17.7. The first-order chi connectivity index (χ1) is 14.5. The summed E-state index contributed by atoms with van der Waals surface area (Å²) >= 11 is 0. The molecule has 0 aliphatic carbocycles. The first kappa shape index (κ1) is 20.4. The summed E-state index contributed by atoms with van der Waals surface area (Å²) in [5, 5.41) is 3.94. The van der Waals surface area contributed by atoms with E-state index in [4.69, 9.17) is 9.26 Å². The molecule has 2 amide bonds. The lowest BCUT2D eigenvalue weighted by Gasteiger charge is -2.25. The summed E-state index contributed by atoms with van der Waals surface area (Å²) in [5.74, 6) is 1.60. The molecule has 2 aliphatic heterocycles. The van der Waals surface area contributed by atoms with Crippen LogP contribution in [-0.4, -0.2) is 59.1 Å². The Hall–Kier alpha value is -2.83. The zero-order chi connectivity index (χ0) is 21.1. The fourth-order valence-corrected chi connectivity index (χ4v) is 4.33. The monoisotopic (exact) mass is 411 g/mol. The second kappa shape index (κ2) is 8.90. The predicted molar refractivity (Wildman–Crippen MR) is 111 cm³/mol. The molecule has 160 valence electrons. The maximum absolute atomic E-state index is 12.8. The average molecular weight is 412 g/mol. The van der Waals surface area contributed by atoms with Gasteiger partial charge >= 0.3 is 0 Å². The largest absolute Gasteiger partial charge is 0.491 e. The van der Waals surface area contributed by atoms with Crippen LogP contribution in [0.5, 0.6) is 5.75 Å². The summed E-state index contributed by atoms with van der Waals surface area (Å²) in [6.07, 6.45) is 4.38. The van der Waals surface area contributed by atoms with E-state index in [0.717, 1.165) is 62.3 Å². The molecule has 2 aliphatic rings. The summed E-state index contributed by atoms with van der Waals surface area (Å²) in [6.45, 7) is 6.59. The zero-order valence-electron chi connectivity index (χ0n) is 17.7. The molecule has 0 spiro atoms. The van der Waals surface area contributed by atoms with Crippen molar-refractivity contribution in [2.75, 3.05) is 26.2 Å². The maximum Gasteiger partial charge on any atom is 0.253 e. The molecule has 7 nitrogen and oxygen atoms in total. The van der Waals surface area contributed by atoms with E-state index < -0.39 is 0 Å². The standard InChI is InChI=1S/C23H29N3O4/c1-16-21(17(2)30-24-16)14-22(27)26-13-5-6-19(26)15-29-20-9-7-18(8-10-20)23(28)25-11-3-4-12-25/h7-10,19H,3-6,11-15H2,1-2H3. The SMILES string of the molecule is Cc1noc(C)c1CC(=O)N1CCCC1COc1ccc(C(=O)N2CCCC2)cc1. The molecular formula is C23H29N3O4. The van der Waals surface area contributed by atoms with Crippen molar-refractivity contribution in [3.63, 3.8) is 0 Å². The lowest BCUT2D eigenvalue weighted by atomic mass is 10.1. The molecule has 1 unspecified atom stereocenters. The van der Waals surface area contributed by atoms with Gasteiger partial charge in [-0.2, -0.15) is 0 Å². The van der Waals surface area contributed by atoms with Crippen LogP contribution < -0.4 is 4.74 Å². The first-order valence-corrected chi connectivity index (χ1v) is 10.8. The molecule has 3 heterocycles. The summed E-state index contributed by atoms with van der Waals surface area (Å²) in [6, 6.07) is 7.39. The molecule has 0 N–H and O–H groups in total. The van der Waals surface area contributed by atoms with Gasteiger partial charge in [-0.1, -0.05) is 5.16 Å². The number of likely N-dealkylation sites (tertiary alicyclic amines) is 2. The highest BCUT2D eigenvalue weighted by molar-refractivity contribution is 5.94. The molecule has 2 fully saturated rings. The Bertz CT molecular complexity index is 880. The number of carbonyl (C=O) groups excluding carboxylic acids is 2. The van der Waals surface area contributed by atoms with E-state index in [9.17, 15) is 9.59 Å². The van der Waals surface area contributed by atoms with Gasteiger partial charge in [0, 0.05) is 30.8 Å². The summed E-state index contributed by atoms with van der Waals surface area (Å²) in [7, 11) is 0. The Morgan fingerprint density at radius 2 is 1.83 bits per heavy atom. The normalized spacial score (nSPS) is 18.8. The number of aryl methyl sites for hydroxylation is 2. The van der Waals surface area contributed by atoms with Crippen LogP contribution in [0, 0.1) is 13.8 Å². The van der Waals surface area contributed by atoms with Crippen molar-refractivity contribution in [1.29, 1.82) is 0 Å². The van der Waals surface area contributed by atoms with Crippen molar-refractivity contribution in [3.8, 4) is 5.75 Å². The van der Waals surface area contributed by atoms with E-state index in [-0.39, 0.29) is 17.9 Å². The van der Waals surface area contributed by atoms with E-state index in [1.165, 1.54) is 0 Å². The predicted octanol–water partition coefficient (Wildman–Crippen LogP) is 3.14. The maximum atomic E-state index is 12.8. The number of aromatic nitrogens is 1. The molecule has 7 heteroatoms. The van der Waals surface area contributed by atoms with Crippen molar-refractivity contribution in [3.05, 3.63) is 46.8 Å². The third-order valence-electron chi connectivity index (χ3n) is 6.14. The Morgan fingerprint density at radius 1 is 1.10 bits per heavy atom. The minimum Gasteiger partial charge on any atom is -0.491 e. The highest BCUT2D eigenvalue weighted by atomic mass is 16.5. The number of hydrogen-bond acceptors (Lipinski definition) is 5. The summed E-state index contributed by atoms with van der Waals surface area (Å²) < 4.78 is 11.1. The quantitative estimate of drug-likeness (QED) is 0.730. The van der Waals surface area contributed by atoms with E-state index in [1.54, 1.807) is 0 Å². The Kier molecular flexibility index (Phi) is 6.06. The lowest BCUT2D eigenvalue weighted by Crippen LogP contribution is -2.40. The van der Waals surface area contributed by atoms with Gasteiger partial charge in [-0.3, -0.25) is 9.59 Å². The van der Waals surface area contributed by atoms with Gasteiger partial charge in [0.2, 0.25) is 5.91 Å². The summed E-state index contributed by atoms with van der Waals surface area (Å²) in [4.78, 5) is 29.1. The molecule has 1 aromatic heterocycles. The number of ether oxygens (including phenoxy) is 1. The third-order valence-corrected chi connectivity index (χ3v) is 6.14. The van der Waals surface area contributed by atoms with Crippen molar-refractivity contribution in [2.24, 2.45) is 0 Å². The van der Waals surface area contributed by atoms with E-state index in [1.807, 2.05) is 47.9 Å². The molecule has 4 rings (SSSR count). The topological polar surface area (TPSA) is 75.9 Å². The van der Waals surface area contributed by atoms with Crippen molar-refractivity contribution in [2.45, 2.75) is 52.0 Å². The van der Waals surface area contributed by atoms with Gasteiger partial charge < -0.3 is 19.1 Å². The van der Waals surface area contributed by atoms with Crippen LogP contribution in [0.1, 0.15) is 53.1 Å². The minimum atomic E-state index is 0.0591. The molecule has 2 saturated heterocycles. The van der Waals surface area contributed by atoms with Crippen LogP contribution >= 0.6 is 0 Å². The van der Waals surface area contributed by atoms with E-state index >= 15 is 0 Å². The second-order valence-electron chi connectivity index (χ2n) is 8.20. The number of benzene rings is 1. The van der Waals surface area contributed by atoms with Crippen LogP contribution in [0.15, 0.2) is 28.8 Å². The molecule has 2 aromatic rings. The molecule has 0 bridgehead atoms. The van der Waals surface area contributed by atoms with Gasteiger partial charge in [0.25, 0.3) is 5.91 Å². The van der Waals surface area contributed by atoms with Crippen LogP contribution in [0.3, 0.4) is 0 Å². The Labute approximate surface area is 177 Å². The van der Waals surface area contributed by atoms with E-state index in [0.29, 0.717) is 24.4 Å². The highest BCUT2D eigenvalue weighted by Crippen LogP contribution is 2.23. The first-order valence-electron chi connectivity index (χ1n) is 10.8. The van der Waals surface area contributed by atoms with Gasteiger partial charge in [0.1, 0.15) is 18.1 Å². The molecule has 1 aromatic carbocycles. The van der Waals surface area contributed by atoms with Crippen LogP contribution in [-0.2, 0) is 11.2 Å². The van der Waals surface area contributed by atoms with Gasteiger partial charge in [0.15, 0.2) is 0 Å². The minimum absolute atomic E-state index is 0.0591. The lowest BCUT2D eigenvalue weighted by molar-refractivity contribution is -0.131. The van der Waals surface area contributed by atoms with Crippen molar-refractivity contribution in [1.82, 2.24) is 15.0 Å². The van der Waals surface area contributed by atoms with Gasteiger partial charge in [-0.25, -0.2) is 0 Å². The highest BCUT2D eigenvalue weighted by Gasteiger charge is 2.30. The van der Waals surface area contributed by atoms with Crippen molar-refractivity contribution >= 4 is 11.8 Å². The number of hydrogen-bond donors (Lipinski definition) is 0. The summed E-state index contributed by atoms with van der Waals surface area (Å²) in [5.41, 5.74) is 2.35. The fourth-order valence-electron chi connectivity index (χ4n) is 4.33. The molecule has 1 atom stereocenters. The fraction of sp³-hybridized carbons (Fsp3) is 0.522. The number of amides is 2. The number of nitrogens with zero attached hydrogens (tertiary/aromatic N) is 3. The molecular weight excluding hydrogens is 382 g/mol. The van der Waals surface area contributed by atoms with Gasteiger partial charge in [-0.05, 0) is 63.8 Å². The average Bonchev–Trinajstić information content (AvgIpc) is 3.51. The molecule has 0 saturated carbocycles. The van der Waals surface area contributed by atoms with Crippen LogP contribution in [0.25, 0.3) is 0 Å². The van der Waals surface area contributed by atoms with Crippen LogP contribution in [0.4, 0.5) is 0 Å². The van der Waals surface area contributed by atoms with Crippen LogP contribution in [0.2, 0.25) is 0 Å². The second-order valence-corrected chi connectivity index (χ2v) is 8.20. The third kappa shape index (κ3) is 4.35.